The van der Waals surface area contributed by atoms with Crippen LogP contribution in [0.2, 0.25) is 0 Å². The number of rotatable bonds is 0. The van der Waals surface area contributed by atoms with Crippen molar-refractivity contribution >= 4 is 23.2 Å². The molecule has 56 valence electrons. The zero-order valence-electron chi connectivity index (χ0n) is 5.85. The molecule has 0 bridgehead atoms. The second-order valence-corrected chi connectivity index (χ2v) is 2.56. The van der Waals surface area contributed by atoms with Crippen molar-refractivity contribution < 1.29 is 0 Å². The van der Waals surface area contributed by atoms with E-state index in [9.17, 15) is 0 Å². The molecule has 0 atom stereocenters. The summed E-state index contributed by atoms with van der Waals surface area (Å²) in [5, 5.41) is 0.194. The predicted octanol–water partition coefficient (Wildman–Crippen LogP) is 3.42. The summed E-state index contributed by atoms with van der Waals surface area (Å²) < 4.78 is 0. The number of halogens is 2. The smallest absolute Gasteiger partial charge is 0.0967 e. The normalized spacial score (nSPS) is 7.90. The van der Waals surface area contributed by atoms with Gasteiger partial charge >= 0.3 is 0 Å². The Morgan fingerprint density at radius 2 is 1.50 bits per heavy atom. The van der Waals surface area contributed by atoms with Crippen LogP contribution in [0, 0.1) is 6.92 Å². The lowest BCUT2D eigenvalue weighted by Gasteiger charge is -1.82. The van der Waals surface area contributed by atoms with E-state index in [1.165, 1.54) is 5.56 Å². The van der Waals surface area contributed by atoms with E-state index >= 15 is 0 Å². The van der Waals surface area contributed by atoms with Crippen molar-refractivity contribution in [3.8, 4) is 0 Å². The Morgan fingerprint density at radius 1 is 1.10 bits per heavy atom. The minimum atomic E-state index is 0.194. The van der Waals surface area contributed by atoms with Gasteiger partial charge in [-0.15, -0.1) is 23.2 Å². The fraction of sp³-hybridized carbons (Fsp3) is 0.250. The van der Waals surface area contributed by atoms with Gasteiger partial charge in [0, 0.05) is 0 Å². The molecule has 0 aromatic heterocycles. The van der Waals surface area contributed by atoms with Crippen LogP contribution in [0.25, 0.3) is 0 Å². The van der Waals surface area contributed by atoms with E-state index in [2.05, 4.69) is 19.1 Å². The van der Waals surface area contributed by atoms with Crippen molar-refractivity contribution in [2.24, 2.45) is 0 Å². The van der Waals surface area contributed by atoms with Crippen molar-refractivity contribution in [2.75, 3.05) is 5.34 Å². The van der Waals surface area contributed by atoms with Gasteiger partial charge in [-0.3, -0.25) is 0 Å². The number of benzene rings is 1. The van der Waals surface area contributed by atoms with Crippen LogP contribution in [0.1, 0.15) is 5.56 Å². The molecule has 0 saturated heterocycles. The van der Waals surface area contributed by atoms with E-state index < -0.39 is 0 Å². The minimum absolute atomic E-state index is 0.194. The average Bonchev–Trinajstić information content (AvgIpc) is 1.91. The average molecular weight is 177 g/mol. The SMILES string of the molecule is Cc1ccccc1.ClCCl. The molecule has 0 unspecified atom stereocenters. The quantitative estimate of drug-likeness (QED) is 0.532. The van der Waals surface area contributed by atoms with Gasteiger partial charge < -0.3 is 0 Å². The number of hydrogen-bond acceptors (Lipinski definition) is 0. The van der Waals surface area contributed by atoms with Gasteiger partial charge in [0.15, 0.2) is 0 Å². The molecular formula is C8H10Cl2. The van der Waals surface area contributed by atoms with Gasteiger partial charge in [0.2, 0.25) is 0 Å². The van der Waals surface area contributed by atoms with Crippen molar-refractivity contribution in [2.45, 2.75) is 6.92 Å². The maximum absolute atomic E-state index is 4.76. The predicted molar refractivity (Wildman–Crippen MR) is 47.8 cm³/mol. The van der Waals surface area contributed by atoms with Gasteiger partial charge in [0.1, 0.15) is 0 Å². The Bertz CT molecular complexity index is 149. The highest BCUT2D eigenvalue weighted by molar-refractivity contribution is 6.40. The van der Waals surface area contributed by atoms with Crippen LogP contribution >= 0.6 is 23.2 Å². The largest absolute Gasteiger partial charge is 0.109 e. The third kappa shape index (κ3) is 5.93. The Hall–Kier alpha value is -0.200. The number of aryl methyl sites for hydroxylation is 1. The van der Waals surface area contributed by atoms with Crippen LogP contribution in [-0.4, -0.2) is 5.34 Å². The van der Waals surface area contributed by atoms with Gasteiger partial charge in [-0.1, -0.05) is 35.9 Å². The lowest BCUT2D eigenvalue weighted by atomic mass is 10.2. The van der Waals surface area contributed by atoms with Crippen molar-refractivity contribution in [1.29, 1.82) is 0 Å². The summed E-state index contributed by atoms with van der Waals surface area (Å²) >= 11 is 9.53. The summed E-state index contributed by atoms with van der Waals surface area (Å²) in [7, 11) is 0. The molecule has 0 aliphatic carbocycles. The summed E-state index contributed by atoms with van der Waals surface area (Å²) in [5.74, 6) is 0. The molecule has 10 heavy (non-hydrogen) atoms. The van der Waals surface area contributed by atoms with E-state index in [0.717, 1.165) is 0 Å². The summed E-state index contributed by atoms with van der Waals surface area (Å²) in [4.78, 5) is 0. The van der Waals surface area contributed by atoms with Crippen LogP contribution < -0.4 is 0 Å². The summed E-state index contributed by atoms with van der Waals surface area (Å²) in [5.41, 5.74) is 1.32. The molecule has 0 aliphatic heterocycles. The van der Waals surface area contributed by atoms with E-state index in [4.69, 9.17) is 23.2 Å². The Balaban J connectivity index is 0.000000236. The maximum Gasteiger partial charge on any atom is 0.0967 e. The molecule has 0 amide bonds. The molecule has 0 saturated carbocycles. The molecule has 1 aromatic carbocycles. The van der Waals surface area contributed by atoms with Crippen LogP contribution in [-0.2, 0) is 0 Å². The molecular weight excluding hydrogens is 167 g/mol. The van der Waals surface area contributed by atoms with Crippen molar-refractivity contribution in [3.05, 3.63) is 35.9 Å². The first-order valence-corrected chi connectivity index (χ1v) is 4.01. The van der Waals surface area contributed by atoms with E-state index in [1.54, 1.807) is 0 Å². The summed E-state index contributed by atoms with van der Waals surface area (Å²) in [6.45, 7) is 2.08. The fourth-order valence-electron chi connectivity index (χ4n) is 0.534. The zero-order valence-corrected chi connectivity index (χ0v) is 7.36. The second kappa shape index (κ2) is 6.91. The first-order valence-electron chi connectivity index (χ1n) is 2.95. The Morgan fingerprint density at radius 3 is 1.70 bits per heavy atom. The molecule has 0 nitrogen and oxygen atoms in total. The molecule has 0 spiro atoms. The lowest BCUT2D eigenvalue weighted by molar-refractivity contribution is 1.48. The van der Waals surface area contributed by atoms with Crippen LogP contribution in [0.3, 0.4) is 0 Å². The highest BCUT2D eigenvalue weighted by atomic mass is 35.5. The summed E-state index contributed by atoms with van der Waals surface area (Å²) in [6.07, 6.45) is 0. The van der Waals surface area contributed by atoms with Gasteiger partial charge in [-0.25, -0.2) is 0 Å². The highest BCUT2D eigenvalue weighted by Crippen LogP contribution is 1.92. The number of hydrogen-bond donors (Lipinski definition) is 0. The van der Waals surface area contributed by atoms with Gasteiger partial charge in [0.25, 0.3) is 0 Å². The van der Waals surface area contributed by atoms with Crippen LogP contribution in [0.4, 0.5) is 0 Å². The van der Waals surface area contributed by atoms with E-state index in [1.807, 2.05) is 18.2 Å². The monoisotopic (exact) mass is 176 g/mol. The first kappa shape index (κ1) is 9.80. The second-order valence-electron chi connectivity index (χ2n) is 1.76. The van der Waals surface area contributed by atoms with Crippen molar-refractivity contribution in [1.82, 2.24) is 0 Å². The van der Waals surface area contributed by atoms with Crippen LogP contribution in [0.5, 0.6) is 0 Å². The molecule has 1 aromatic rings. The number of alkyl halides is 2. The molecule has 0 radical (unpaired) electrons. The van der Waals surface area contributed by atoms with Gasteiger partial charge in [0.05, 0.1) is 5.34 Å². The topological polar surface area (TPSA) is 0 Å². The molecule has 0 aliphatic rings. The third-order valence-corrected chi connectivity index (χ3v) is 0.940. The van der Waals surface area contributed by atoms with Crippen LogP contribution in [0.15, 0.2) is 30.3 Å². The Labute approximate surface area is 71.8 Å². The standard InChI is InChI=1S/C7H8.CH2Cl2/c1-7-5-3-2-4-6-7;2-1-3/h2-6H,1H3;1H2. The fourth-order valence-corrected chi connectivity index (χ4v) is 0.534. The minimum Gasteiger partial charge on any atom is -0.109 e. The van der Waals surface area contributed by atoms with Gasteiger partial charge in [-0.2, -0.15) is 0 Å². The molecule has 0 heterocycles. The van der Waals surface area contributed by atoms with Crippen molar-refractivity contribution in [3.63, 3.8) is 0 Å². The third-order valence-electron chi connectivity index (χ3n) is 0.940. The molecule has 2 heteroatoms. The zero-order chi connectivity index (χ0) is 7.82. The molecule has 0 N–H and O–H groups in total. The summed E-state index contributed by atoms with van der Waals surface area (Å²) in [6, 6.07) is 10.3. The molecule has 0 fully saturated rings. The van der Waals surface area contributed by atoms with Gasteiger partial charge in [-0.05, 0) is 6.92 Å². The first-order chi connectivity index (χ1) is 4.81. The highest BCUT2D eigenvalue weighted by Gasteiger charge is 1.72. The Kier molecular flexibility index (Phi) is 6.78. The van der Waals surface area contributed by atoms with E-state index in [0.29, 0.717) is 0 Å². The molecule has 1 rings (SSSR count). The lowest BCUT2D eigenvalue weighted by Crippen LogP contribution is -1.62. The van der Waals surface area contributed by atoms with E-state index in [-0.39, 0.29) is 5.34 Å². The maximum atomic E-state index is 4.76.